The first-order valence-electron chi connectivity index (χ1n) is 12.9. The first kappa shape index (κ1) is 27.9. The predicted molar refractivity (Wildman–Crippen MR) is 150 cm³/mol. The lowest BCUT2D eigenvalue weighted by Crippen LogP contribution is -2.44. The molecule has 10 nitrogen and oxygen atoms in total. The average molecular weight is 543 g/mol. The Morgan fingerprint density at radius 2 is 0.850 bits per heavy atom. The lowest BCUT2D eigenvalue weighted by molar-refractivity contribution is -0.130. The Balaban J connectivity index is 1.05. The van der Waals surface area contributed by atoms with Crippen molar-refractivity contribution in [2.45, 2.75) is 25.7 Å². The van der Waals surface area contributed by atoms with Gasteiger partial charge in [-0.15, -0.1) is 0 Å². The Morgan fingerprint density at radius 1 is 0.475 bits per heavy atom. The molecule has 4 aromatic carbocycles. The van der Waals surface area contributed by atoms with Crippen LogP contribution in [-0.4, -0.2) is 36.8 Å². The van der Waals surface area contributed by atoms with E-state index in [9.17, 15) is 19.2 Å². The number of hydrogen-bond acceptors (Lipinski definition) is 6. The van der Waals surface area contributed by atoms with Gasteiger partial charge in [-0.25, -0.2) is 0 Å². The van der Waals surface area contributed by atoms with Crippen LogP contribution < -0.4 is 31.2 Å². The van der Waals surface area contributed by atoms with Crippen LogP contribution in [0.3, 0.4) is 0 Å². The summed E-state index contributed by atoms with van der Waals surface area (Å²) in [6.45, 7) is -0.514. The number of fused-ring (bicyclic) bond motifs is 2. The Hall–Kier alpha value is -5.12. The van der Waals surface area contributed by atoms with Gasteiger partial charge in [0, 0.05) is 23.6 Å². The predicted octanol–water partition coefficient (Wildman–Crippen LogP) is 3.31. The highest BCUT2D eigenvalue weighted by Gasteiger charge is 2.10. The summed E-state index contributed by atoms with van der Waals surface area (Å²) in [5.41, 5.74) is 9.29. The molecule has 4 N–H and O–H groups in total. The Kier molecular flexibility index (Phi) is 9.87. The van der Waals surface area contributed by atoms with Gasteiger partial charge in [0.25, 0.3) is 11.8 Å². The zero-order valence-electron chi connectivity index (χ0n) is 21.8. The van der Waals surface area contributed by atoms with Crippen molar-refractivity contribution in [2.24, 2.45) is 0 Å². The zero-order valence-corrected chi connectivity index (χ0v) is 21.8. The highest BCUT2D eigenvalue weighted by molar-refractivity contribution is 5.90. The molecule has 40 heavy (non-hydrogen) atoms. The third-order valence-electron chi connectivity index (χ3n) is 5.96. The largest absolute Gasteiger partial charge is 0.483 e. The van der Waals surface area contributed by atoms with E-state index in [0.717, 1.165) is 21.5 Å². The van der Waals surface area contributed by atoms with Crippen LogP contribution in [0.2, 0.25) is 0 Å². The minimum atomic E-state index is -0.499. The normalized spacial score (nSPS) is 10.5. The topological polar surface area (TPSA) is 135 Å². The monoisotopic (exact) mass is 542 g/mol. The second-order valence-corrected chi connectivity index (χ2v) is 8.93. The van der Waals surface area contributed by atoms with E-state index in [1.165, 1.54) is 0 Å². The smallest absolute Gasteiger partial charge is 0.276 e. The van der Waals surface area contributed by atoms with Crippen LogP contribution in [0.4, 0.5) is 0 Å². The van der Waals surface area contributed by atoms with E-state index >= 15 is 0 Å². The van der Waals surface area contributed by atoms with Gasteiger partial charge in [-0.3, -0.25) is 40.9 Å². The standard InChI is InChI=1S/C30H30N4O6/c35-27(31-33-29(37)19-39-25-15-7-11-21-9-1-3-13-23(21)25)17-5-6-18-28(36)32-34-30(38)20-40-26-16-8-12-22-10-2-4-14-24(22)26/h1-4,7-16H,5-6,17-20H2,(H,31,35)(H,32,36)(H,33,37)(H,34,38). The summed E-state index contributed by atoms with van der Waals surface area (Å²) in [4.78, 5) is 48.1. The number of carbonyl (C=O) groups excluding carboxylic acids is 4. The van der Waals surface area contributed by atoms with Gasteiger partial charge in [0.15, 0.2) is 13.2 Å². The van der Waals surface area contributed by atoms with E-state index < -0.39 is 23.6 Å². The first-order valence-corrected chi connectivity index (χ1v) is 12.9. The van der Waals surface area contributed by atoms with Gasteiger partial charge < -0.3 is 9.47 Å². The fourth-order valence-electron chi connectivity index (χ4n) is 3.98. The van der Waals surface area contributed by atoms with Crippen LogP contribution in [0, 0.1) is 0 Å². The second kappa shape index (κ2) is 14.1. The molecule has 0 aromatic heterocycles. The molecule has 0 aliphatic rings. The van der Waals surface area contributed by atoms with E-state index in [1.54, 1.807) is 12.1 Å². The van der Waals surface area contributed by atoms with Crippen molar-refractivity contribution in [3.63, 3.8) is 0 Å². The highest BCUT2D eigenvalue weighted by atomic mass is 16.5. The summed E-state index contributed by atoms with van der Waals surface area (Å²) in [6.07, 6.45) is 1.06. The summed E-state index contributed by atoms with van der Waals surface area (Å²) in [5, 5.41) is 3.77. The molecule has 0 spiro atoms. The second-order valence-electron chi connectivity index (χ2n) is 8.93. The molecular weight excluding hydrogens is 512 g/mol. The van der Waals surface area contributed by atoms with Crippen molar-refractivity contribution < 1.29 is 28.7 Å². The summed E-state index contributed by atoms with van der Waals surface area (Å²) >= 11 is 0. The number of hydrazine groups is 2. The molecule has 0 heterocycles. The van der Waals surface area contributed by atoms with Crippen LogP contribution in [0.15, 0.2) is 84.9 Å². The molecule has 4 rings (SSSR count). The number of unbranched alkanes of at least 4 members (excludes halogenated alkanes) is 1. The molecule has 10 heteroatoms. The molecule has 4 amide bonds. The number of nitrogens with one attached hydrogen (secondary N) is 4. The summed E-state index contributed by atoms with van der Waals surface area (Å²) in [7, 11) is 0. The van der Waals surface area contributed by atoms with Gasteiger partial charge in [-0.05, 0) is 35.7 Å². The van der Waals surface area contributed by atoms with Crippen LogP contribution in [0.5, 0.6) is 11.5 Å². The average Bonchev–Trinajstić information content (AvgIpc) is 2.98. The Morgan fingerprint density at radius 3 is 1.30 bits per heavy atom. The molecule has 0 bridgehead atoms. The highest BCUT2D eigenvalue weighted by Crippen LogP contribution is 2.25. The minimum Gasteiger partial charge on any atom is -0.483 e. The lowest BCUT2D eigenvalue weighted by atomic mass is 10.1. The SMILES string of the molecule is O=C(CCCCC(=O)NNC(=O)COc1cccc2ccccc12)NNC(=O)COc1cccc2ccccc12. The summed E-state index contributed by atoms with van der Waals surface area (Å²) in [6, 6.07) is 26.5. The minimum absolute atomic E-state index is 0.114. The van der Waals surface area contributed by atoms with Gasteiger partial charge in [-0.2, -0.15) is 0 Å². The number of hydrogen-bond donors (Lipinski definition) is 4. The number of carbonyl (C=O) groups is 4. The summed E-state index contributed by atoms with van der Waals surface area (Å²) in [5.74, 6) is -0.630. The van der Waals surface area contributed by atoms with E-state index in [0.29, 0.717) is 24.3 Å². The van der Waals surface area contributed by atoms with E-state index in [4.69, 9.17) is 9.47 Å². The molecule has 206 valence electrons. The lowest BCUT2D eigenvalue weighted by Gasteiger charge is -2.11. The molecule has 0 radical (unpaired) electrons. The quantitative estimate of drug-likeness (QED) is 0.170. The molecule has 0 aliphatic heterocycles. The number of rotatable bonds is 11. The van der Waals surface area contributed by atoms with Crippen molar-refractivity contribution in [1.29, 1.82) is 0 Å². The van der Waals surface area contributed by atoms with Gasteiger partial charge >= 0.3 is 0 Å². The van der Waals surface area contributed by atoms with Crippen LogP contribution in [-0.2, 0) is 19.2 Å². The molecule has 0 unspecified atom stereocenters. The van der Waals surface area contributed by atoms with E-state index in [1.807, 2.05) is 72.8 Å². The fourth-order valence-corrected chi connectivity index (χ4v) is 3.98. The number of benzene rings is 4. The third-order valence-corrected chi connectivity index (χ3v) is 5.96. The van der Waals surface area contributed by atoms with Crippen molar-refractivity contribution in [3.05, 3.63) is 84.9 Å². The maximum Gasteiger partial charge on any atom is 0.276 e. The Bertz CT molecular complexity index is 1380. The maximum atomic E-state index is 12.0. The van der Waals surface area contributed by atoms with Gasteiger partial charge in [0.05, 0.1) is 0 Å². The van der Waals surface area contributed by atoms with Crippen LogP contribution in [0.25, 0.3) is 21.5 Å². The summed E-state index contributed by atoms with van der Waals surface area (Å²) < 4.78 is 11.2. The van der Waals surface area contributed by atoms with Crippen LogP contribution >= 0.6 is 0 Å². The zero-order chi connectivity index (χ0) is 28.2. The molecule has 0 atom stereocenters. The Labute approximate surface area is 231 Å². The van der Waals surface area contributed by atoms with Crippen molar-refractivity contribution >= 4 is 45.2 Å². The van der Waals surface area contributed by atoms with Gasteiger partial charge in [0.1, 0.15) is 11.5 Å². The van der Waals surface area contributed by atoms with Crippen molar-refractivity contribution in [3.8, 4) is 11.5 Å². The molecule has 0 saturated carbocycles. The maximum absolute atomic E-state index is 12.0. The number of amides is 4. The van der Waals surface area contributed by atoms with Crippen molar-refractivity contribution in [2.75, 3.05) is 13.2 Å². The fraction of sp³-hybridized carbons (Fsp3) is 0.200. The third kappa shape index (κ3) is 8.19. The van der Waals surface area contributed by atoms with Gasteiger partial charge in [-0.1, -0.05) is 72.8 Å². The molecule has 0 saturated heterocycles. The molecule has 4 aromatic rings. The van der Waals surface area contributed by atoms with Crippen molar-refractivity contribution in [1.82, 2.24) is 21.7 Å². The molecule has 0 fully saturated rings. The van der Waals surface area contributed by atoms with Gasteiger partial charge in [0.2, 0.25) is 11.8 Å². The molecule has 0 aliphatic carbocycles. The first-order chi connectivity index (χ1) is 19.5. The molecular formula is C30H30N4O6. The number of ether oxygens (including phenoxy) is 2. The van der Waals surface area contributed by atoms with Crippen LogP contribution in [0.1, 0.15) is 25.7 Å². The van der Waals surface area contributed by atoms with E-state index in [-0.39, 0.29) is 26.1 Å². The van der Waals surface area contributed by atoms with E-state index in [2.05, 4.69) is 21.7 Å².